The van der Waals surface area contributed by atoms with Crippen LogP contribution in [-0.2, 0) is 4.79 Å². The van der Waals surface area contributed by atoms with Crippen molar-refractivity contribution >= 4 is 12.0 Å². The molecule has 148 valence electrons. The highest BCUT2D eigenvalue weighted by Gasteiger charge is 2.46. The third-order valence-electron chi connectivity index (χ3n) is 4.45. The van der Waals surface area contributed by atoms with Crippen molar-refractivity contribution in [2.75, 3.05) is 19.6 Å². The van der Waals surface area contributed by atoms with Crippen LogP contribution in [0, 0.1) is 0 Å². The molecule has 2 saturated heterocycles. The van der Waals surface area contributed by atoms with Crippen molar-refractivity contribution in [2.24, 2.45) is 0 Å². The summed E-state index contributed by atoms with van der Waals surface area (Å²) in [4.78, 5) is 26.4. The van der Waals surface area contributed by atoms with Gasteiger partial charge in [0.25, 0.3) is 5.92 Å². The van der Waals surface area contributed by atoms with Crippen molar-refractivity contribution in [3.63, 3.8) is 0 Å². The number of amides is 2. The number of alkyl halides is 4. The smallest absolute Gasteiger partial charge is 0.415 e. The van der Waals surface area contributed by atoms with E-state index in [1.807, 2.05) is 0 Å². The number of ether oxygens (including phenoxy) is 2. The molecule has 0 aromatic heterocycles. The van der Waals surface area contributed by atoms with Gasteiger partial charge < -0.3 is 14.4 Å². The quantitative estimate of drug-likeness (QED) is 0.742. The van der Waals surface area contributed by atoms with Crippen molar-refractivity contribution < 1.29 is 36.6 Å². The lowest BCUT2D eigenvalue weighted by Crippen LogP contribution is -2.57. The van der Waals surface area contributed by atoms with Gasteiger partial charge in [-0.2, -0.15) is 8.78 Å². The number of halogens is 4. The number of nitrogens with zero attached hydrogens (tertiary/aromatic N) is 2. The van der Waals surface area contributed by atoms with Gasteiger partial charge in [0.15, 0.2) is 0 Å². The minimum absolute atomic E-state index is 0.00399. The molecule has 0 saturated carbocycles. The summed E-state index contributed by atoms with van der Waals surface area (Å²) in [6, 6.07) is 4.02. The number of likely N-dealkylation sites (tertiary alicyclic amines) is 2. The Morgan fingerprint density at radius 3 is 2.44 bits per heavy atom. The number of rotatable bonds is 4. The van der Waals surface area contributed by atoms with Crippen molar-refractivity contribution in [1.82, 2.24) is 9.80 Å². The summed E-state index contributed by atoms with van der Waals surface area (Å²) in [7, 11) is 0. The first kappa shape index (κ1) is 19.2. The minimum Gasteiger partial charge on any atom is -0.435 e. The van der Waals surface area contributed by atoms with Gasteiger partial charge in [-0.3, -0.25) is 9.69 Å². The molecule has 2 amide bonds. The van der Waals surface area contributed by atoms with Crippen LogP contribution >= 0.6 is 0 Å². The highest BCUT2D eigenvalue weighted by atomic mass is 19.3. The summed E-state index contributed by atoms with van der Waals surface area (Å²) in [6.45, 7) is -3.45. The summed E-state index contributed by atoms with van der Waals surface area (Å²) in [5.74, 6) is -3.45. The van der Waals surface area contributed by atoms with Crippen LogP contribution in [0.3, 0.4) is 0 Å². The van der Waals surface area contributed by atoms with Gasteiger partial charge in [-0.25, -0.2) is 13.6 Å². The van der Waals surface area contributed by atoms with Crippen LogP contribution in [0.15, 0.2) is 24.3 Å². The van der Waals surface area contributed by atoms with E-state index in [0.29, 0.717) is 19.4 Å². The molecule has 1 unspecified atom stereocenters. The lowest BCUT2D eigenvalue weighted by molar-refractivity contribution is -0.135. The molecule has 2 fully saturated rings. The third-order valence-corrected chi connectivity index (χ3v) is 4.45. The molecule has 0 spiro atoms. The van der Waals surface area contributed by atoms with Gasteiger partial charge >= 0.3 is 12.7 Å². The largest absolute Gasteiger partial charge is 0.435 e. The average Bonchev–Trinajstić information content (AvgIpc) is 3.01. The van der Waals surface area contributed by atoms with E-state index >= 15 is 0 Å². The molecule has 2 aliphatic heterocycles. The van der Waals surface area contributed by atoms with E-state index in [-0.39, 0.29) is 24.0 Å². The molecule has 10 heteroatoms. The van der Waals surface area contributed by atoms with E-state index in [1.54, 1.807) is 0 Å². The number of benzene rings is 1. The van der Waals surface area contributed by atoms with Crippen LogP contribution < -0.4 is 9.47 Å². The maximum Gasteiger partial charge on any atom is 0.415 e. The zero-order valence-electron chi connectivity index (χ0n) is 14.2. The zero-order valence-corrected chi connectivity index (χ0v) is 14.2. The first-order chi connectivity index (χ1) is 12.7. The summed E-state index contributed by atoms with van der Waals surface area (Å²) in [6.07, 6.45) is -0.561. The summed E-state index contributed by atoms with van der Waals surface area (Å²) in [5, 5.41) is 0. The lowest BCUT2D eigenvalue weighted by Gasteiger charge is -2.40. The average molecular weight is 390 g/mol. The van der Waals surface area contributed by atoms with E-state index in [1.165, 1.54) is 29.2 Å². The Bertz CT molecular complexity index is 699. The highest BCUT2D eigenvalue weighted by Crippen LogP contribution is 2.32. The van der Waals surface area contributed by atoms with E-state index in [0.717, 1.165) is 4.90 Å². The number of piperidine rings is 1. The van der Waals surface area contributed by atoms with Gasteiger partial charge in [-0.1, -0.05) is 0 Å². The molecule has 27 heavy (non-hydrogen) atoms. The standard InChI is InChI=1S/C17H18F4N2O4/c18-15(19)26-12-3-5-13(6-4-12)27-16(25)22-9-11(8-17(20,21)10-22)23-7-1-2-14(23)24/h3-6,11,15H,1-2,7-10H2. The minimum atomic E-state index is -3.14. The summed E-state index contributed by atoms with van der Waals surface area (Å²) >= 11 is 0. The Kier molecular flexibility index (Phi) is 5.43. The predicted molar refractivity (Wildman–Crippen MR) is 85.0 cm³/mol. The molecule has 1 aromatic carbocycles. The summed E-state index contributed by atoms with van der Waals surface area (Å²) < 4.78 is 61.6. The second-order valence-electron chi connectivity index (χ2n) is 6.50. The molecular formula is C17H18F4N2O4. The second-order valence-corrected chi connectivity index (χ2v) is 6.50. The second kappa shape index (κ2) is 7.61. The van der Waals surface area contributed by atoms with Gasteiger partial charge in [0, 0.05) is 25.9 Å². The van der Waals surface area contributed by atoms with Gasteiger partial charge in [-0.05, 0) is 30.7 Å². The van der Waals surface area contributed by atoms with Crippen molar-refractivity contribution in [3.05, 3.63) is 24.3 Å². The monoisotopic (exact) mass is 390 g/mol. The van der Waals surface area contributed by atoms with E-state index in [9.17, 15) is 27.2 Å². The molecule has 2 heterocycles. The molecular weight excluding hydrogens is 372 g/mol. The maximum absolute atomic E-state index is 14.1. The fourth-order valence-electron chi connectivity index (χ4n) is 3.33. The number of carbonyl (C=O) groups excluding carboxylic acids is 2. The van der Waals surface area contributed by atoms with Crippen LogP contribution in [0.4, 0.5) is 22.4 Å². The predicted octanol–water partition coefficient (Wildman–Crippen LogP) is 3.12. The van der Waals surface area contributed by atoms with E-state index in [4.69, 9.17) is 4.74 Å². The Morgan fingerprint density at radius 2 is 1.85 bits per heavy atom. The van der Waals surface area contributed by atoms with Crippen LogP contribution in [0.1, 0.15) is 19.3 Å². The summed E-state index contributed by atoms with van der Waals surface area (Å²) in [5.41, 5.74) is 0. The van der Waals surface area contributed by atoms with E-state index < -0.39 is 37.6 Å². The maximum atomic E-state index is 14.1. The normalized spacial score (nSPS) is 22.3. The first-order valence-corrected chi connectivity index (χ1v) is 8.42. The van der Waals surface area contributed by atoms with Crippen molar-refractivity contribution in [3.8, 4) is 11.5 Å². The van der Waals surface area contributed by atoms with Crippen LogP contribution in [0.5, 0.6) is 11.5 Å². The fraction of sp³-hybridized carbons (Fsp3) is 0.529. The lowest BCUT2D eigenvalue weighted by atomic mass is 10.0. The molecule has 2 aliphatic rings. The molecule has 3 rings (SSSR count). The number of hydrogen-bond acceptors (Lipinski definition) is 4. The Hall–Kier alpha value is -2.52. The Morgan fingerprint density at radius 1 is 1.19 bits per heavy atom. The van der Waals surface area contributed by atoms with Crippen LogP contribution in [-0.4, -0.2) is 60.0 Å². The molecule has 0 radical (unpaired) electrons. The van der Waals surface area contributed by atoms with Gasteiger partial charge in [0.2, 0.25) is 5.91 Å². The topological polar surface area (TPSA) is 59.1 Å². The van der Waals surface area contributed by atoms with Crippen LogP contribution in [0.25, 0.3) is 0 Å². The molecule has 6 nitrogen and oxygen atoms in total. The number of carbonyl (C=O) groups is 2. The molecule has 1 atom stereocenters. The van der Waals surface area contributed by atoms with Crippen molar-refractivity contribution in [1.29, 1.82) is 0 Å². The molecule has 0 bridgehead atoms. The van der Waals surface area contributed by atoms with Crippen molar-refractivity contribution in [2.45, 2.75) is 37.8 Å². The zero-order chi connectivity index (χ0) is 19.6. The van der Waals surface area contributed by atoms with Gasteiger partial charge in [-0.15, -0.1) is 0 Å². The first-order valence-electron chi connectivity index (χ1n) is 8.42. The van der Waals surface area contributed by atoms with Gasteiger partial charge in [0.1, 0.15) is 11.5 Å². The fourth-order valence-corrected chi connectivity index (χ4v) is 3.33. The molecule has 0 aliphatic carbocycles. The Balaban J connectivity index is 1.65. The SMILES string of the molecule is O=C(Oc1ccc(OC(F)F)cc1)N1CC(N2CCCC2=O)CC(F)(F)C1. The third kappa shape index (κ3) is 4.81. The Labute approximate surface area is 152 Å². The number of hydrogen-bond donors (Lipinski definition) is 0. The van der Waals surface area contributed by atoms with E-state index in [2.05, 4.69) is 4.74 Å². The highest BCUT2D eigenvalue weighted by molar-refractivity contribution is 5.78. The van der Waals surface area contributed by atoms with Crippen LogP contribution in [0.2, 0.25) is 0 Å². The molecule has 1 aromatic rings. The molecule has 0 N–H and O–H groups in total. The van der Waals surface area contributed by atoms with Gasteiger partial charge in [0.05, 0.1) is 12.6 Å².